The van der Waals surface area contributed by atoms with Crippen LogP contribution in [0, 0.1) is 0 Å². The number of ether oxygens (including phenoxy) is 1. The van der Waals surface area contributed by atoms with E-state index >= 15 is 0 Å². The lowest BCUT2D eigenvalue weighted by Gasteiger charge is -2.43. The number of hydrogen-bond acceptors (Lipinski definition) is 4. The Kier molecular flexibility index (Phi) is 3.39. The molecule has 2 unspecified atom stereocenters. The minimum atomic E-state index is -0.463. The van der Waals surface area contributed by atoms with Crippen LogP contribution in [0.1, 0.15) is 32.1 Å². The molecule has 0 aromatic carbocycles. The first-order valence-electron chi connectivity index (χ1n) is 7.06. The van der Waals surface area contributed by atoms with Gasteiger partial charge in [0.15, 0.2) is 0 Å². The van der Waals surface area contributed by atoms with Gasteiger partial charge in [-0.3, -0.25) is 4.90 Å². The molecule has 1 aliphatic carbocycles. The molecule has 3 rings (SSSR count). The van der Waals surface area contributed by atoms with Crippen LogP contribution in [0.4, 0.5) is 0 Å². The molecule has 0 aromatic heterocycles. The van der Waals surface area contributed by atoms with Gasteiger partial charge in [-0.15, -0.1) is 0 Å². The highest BCUT2D eigenvalue weighted by atomic mass is 16.5. The van der Waals surface area contributed by atoms with E-state index in [2.05, 4.69) is 10.2 Å². The second-order valence-corrected chi connectivity index (χ2v) is 5.85. The van der Waals surface area contributed by atoms with E-state index in [1.807, 2.05) is 0 Å². The third-order valence-corrected chi connectivity index (χ3v) is 4.63. The van der Waals surface area contributed by atoms with Crippen LogP contribution in [0.15, 0.2) is 0 Å². The maximum atomic E-state index is 10.6. The number of aliphatic hydroxyl groups is 1. The molecule has 2 saturated heterocycles. The summed E-state index contributed by atoms with van der Waals surface area (Å²) in [6, 6.07) is 0.572. The molecule has 0 aromatic rings. The smallest absolute Gasteiger partial charge is 0.0798 e. The van der Waals surface area contributed by atoms with Crippen LogP contribution in [0.2, 0.25) is 0 Å². The van der Waals surface area contributed by atoms with Crippen LogP contribution in [0.25, 0.3) is 0 Å². The Hall–Kier alpha value is -0.160. The second kappa shape index (κ2) is 4.84. The van der Waals surface area contributed by atoms with Crippen molar-refractivity contribution in [3.8, 4) is 0 Å². The Morgan fingerprint density at radius 2 is 2.12 bits per heavy atom. The molecule has 4 nitrogen and oxygen atoms in total. The van der Waals surface area contributed by atoms with Gasteiger partial charge in [0.05, 0.1) is 18.3 Å². The summed E-state index contributed by atoms with van der Waals surface area (Å²) in [5, 5.41) is 13.9. The van der Waals surface area contributed by atoms with Crippen molar-refractivity contribution in [3.63, 3.8) is 0 Å². The van der Waals surface area contributed by atoms with Gasteiger partial charge in [0.2, 0.25) is 0 Å². The van der Waals surface area contributed by atoms with Crippen LogP contribution < -0.4 is 5.32 Å². The predicted molar refractivity (Wildman–Crippen MR) is 66.0 cm³/mol. The molecular weight excluding hydrogens is 216 g/mol. The fraction of sp³-hybridized carbons (Fsp3) is 1.00. The Morgan fingerprint density at radius 1 is 1.29 bits per heavy atom. The first-order chi connectivity index (χ1) is 8.27. The average Bonchev–Trinajstić information content (AvgIpc) is 2.79. The number of β-amino-alcohol motifs (C(OH)–C–C–N with tert-alkyl or cyclic N) is 1. The number of hydrogen-bond donors (Lipinski definition) is 2. The molecule has 98 valence electrons. The van der Waals surface area contributed by atoms with Gasteiger partial charge in [-0.05, 0) is 45.2 Å². The highest BCUT2D eigenvalue weighted by Gasteiger charge is 2.40. The average molecular weight is 240 g/mol. The SMILES string of the molecule is OC1(CN2CCOC3CCCC32)CCNCC1. The van der Waals surface area contributed by atoms with E-state index in [1.54, 1.807) is 0 Å². The van der Waals surface area contributed by atoms with Crippen LogP contribution >= 0.6 is 0 Å². The first-order valence-corrected chi connectivity index (χ1v) is 7.06. The predicted octanol–water partition coefficient (Wildman–Crippen LogP) is 0.354. The van der Waals surface area contributed by atoms with E-state index in [4.69, 9.17) is 4.74 Å². The molecule has 0 amide bonds. The highest BCUT2D eigenvalue weighted by Crippen LogP contribution is 2.31. The van der Waals surface area contributed by atoms with E-state index in [9.17, 15) is 5.11 Å². The van der Waals surface area contributed by atoms with Crippen LogP contribution in [0.3, 0.4) is 0 Å². The monoisotopic (exact) mass is 240 g/mol. The van der Waals surface area contributed by atoms with Gasteiger partial charge in [0, 0.05) is 19.1 Å². The second-order valence-electron chi connectivity index (χ2n) is 5.85. The van der Waals surface area contributed by atoms with E-state index in [1.165, 1.54) is 19.3 Å². The van der Waals surface area contributed by atoms with Gasteiger partial charge in [0.1, 0.15) is 0 Å². The molecule has 3 fully saturated rings. The van der Waals surface area contributed by atoms with Crippen molar-refractivity contribution in [2.45, 2.75) is 49.9 Å². The molecule has 0 spiro atoms. The molecule has 2 atom stereocenters. The first kappa shape index (κ1) is 11.9. The van der Waals surface area contributed by atoms with Crippen molar-refractivity contribution >= 4 is 0 Å². The largest absolute Gasteiger partial charge is 0.388 e. The standard InChI is InChI=1S/C13H24N2O2/c16-13(4-6-14-7-5-13)10-15-8-9-17-12-3-1-2-11(12)15/h11-12,14,16H,1-10H2. The quantitative estimate of drug-likeness (QED) is 0.731. The van der Waals surface area contributed by atoms with E-state index < -0.39 is 5.60 Å². The molecule has 4 heteroatoms. The van der Waals surface area contributed by atoms with Gasteiger partial charge < -0.3 is 15.2 Å². The Labute approximate surface area is 103 Å². The van der Waals surface area contributed by atoms with E-state index in [-0.39, 0.29) is 0 Å². The normalized spacial score (nSPS) is 37.9. The Bertz CT molecular complexity index is 266. The fourth-order valence-electron chi connectivity index (χ4n) is 3.63. The molecule has 0 bridgehead atoms. The lowest BCUT2D eigenvalue weighted by Crippen LogP contribution is -2.56. The number of morpholine rings is 1. The number of rotatable bonds is 2. The van der Waals surface area contributed by atoms with Gasteiger partial charge in [-0.1, -0.05) is 0 Å². The minimum absolute atomic E-state index is 0.439. The zero-order chi connectivity index (χ0) is 11.7. The maximum absolute atomic E-state index is 10.6. The molecular formula is C13H24N2O2. The summed E-state index contributed by atoms with van der Waals surface area (Å²) in [7, 11) is 0. The number of fused-ring (bicyclic) bond motifs is 1. The van der Waals surface area contributed by atoms with Crippen molar-refractivity contribution in [3.05, 3.63) is 0 Å². The molecule has 1 saturated carbocycles. The number of nitrogens with zero attached hydrogens (tertiary/aromatic N) is 1. The fourth-order valence-corrected chi connectivity index (χ4v) is 3.63. The van der Waals surface area contributed by atoms with Crippen LogP contribution in [0.5, 0.6) is 0 Å². The molecule has 2 N–H and O–H groups in total. The third-order valence-electron chi connectivity index (χ3n) is 4.63. The molecule has 2 aliphatic heterocycles. The van der Waals surface area contributed by atoms with Gasteiger partial charge in [-0.25, -0.2) is 0 Å². The number of nitrogens with one attached hydrogen (secondary N) is 1. The van der Waals surface area contributed by atoms with Crippen molar-refractivity contribution in [2.75, 3.05) is 32.8 Å². The molecule has 3 aliphatic rings. The zero-order valence-electron chi connectivity index (χ0n) is 10.5. The highest BCUT2D eigenvalue weighted by molar-refractivity contribution is 4.94. The van der Waals surface area contributed by atoms with Gasteiger partial charge in [-0.2, -0.15) is 0 Å². The summed E-state index contributed by atoms with van der Waals surface area (Å²) in [6.07, 6.45) is 5.96. The van der Waals surface area contributed by atoms with Crippen molar-refractivity contribution in [2.24, 2.45) is 0 Å². The summed E-state index contributed by atoms with van der Waals surface area (Å²) in [5.41, 5.74) is -0.463. The van der Waals surface area contributed by atoms with E-state index in [0.717, 1.165) is 45.6 Å². The van der Waals surface area contributed by atoms with E-state index in [0.29, 0.717) is 12.1 Å². The van der Waals surface area contributed by atoms with Crippen LogP contribution in [-0.2, 0) is 4.74 Å². The molecule has 17 heavy (non-hydrogen) atoms. The lowest BCUT2D eigenvalue weighted by atomic mass is 9.91. The summed E-state index contributed by atoms with van der Waals surface area (Å²) in [4.78, 5) is 2.49. The summed E-state index contributed by atoms with van der Waals surface area (Å²) in [6.45, 7) is 4.59. The topological polar surface area (TPSA) is 44.7 Å². The Balaban J connectivity index is 1.63. The minimum Gasteiger partial charge on any atom is -0.388 e. The molecule has 0 radical (unpaired) electrons. The third kappa shape index (κ3) is 2.50. The summed E-state index contributed by atoms with van der Waals surface area (Å²) in [5.74, 6) is 0. The summed E-state index contributed by atoms with van der Waals surface area (Å²) >= 11 is 0. The van der Waals surface area contributed by atoms with Crippen molar-refractivity contribution in [1.82, 2.24) is 10.2 Å². The zero-order valence-corrected chi connectivity index (χ0v) is 10.5. The van der Waals surface area contributed by atoms with Gasteiger partial charge >= 0.3 is 0 Å². The number of piperidine rings is 1. The van der Waals surface area contributed by atoms with Crippen molar-refractivity contribution in [1.29, 1.82) is 0 Å². The van der Waals surface area contributed by atoms with Crippen LogP contribution in [-0.4, -0.2) is 60.5 Å². The summed E-state index contributed by atoms with van der Waals surface area (Å²) < 4.78 is 5.82. The Morgan fingerprint density at radius 3 is 2.94 bits per heavy atom. The lowest BCUT2D eigenvalue weighted by molar-refractivity contribution is -0.0944. The molecule has 2 heterocycles. The van der Waals surface area contributed by atoms with Gasteiger partial charge in [0.25, 0.3) is 0 Å². The van der Waals surface area contributed by atoms with Crippen molar-refractivity contribution < 1.29 is 9.84 Å². The maximum Gasteiger partial charge on any atom is 0.0798 e.